The van der Waals surface area contributed by atoms with Crippen molar-refractivity contribution in [3.8, 4) is 0 Å². The van der Waals surface area contributed by atoms with E-state index in [0.717, 1.165) is 6.54 Å². The molecule has 1 heterocycles. The van der Waals surface area contributed by atoms with E-state index in [9.17, 15) is 0 Å². The second-order valence-electron chi connectivity index (χ2n) is 3.58. The second-order valence-corrected chi connectivity index (χ2v) is 3.58. The summed E-state index contributed by atoms with van der Waals surface area (Å²) in [7, 11) is 1.97. The highest BCUT2D eigenvalue weighted by Crippen LogP contribution is 2.12. The van der Waals surface area contributed by atoms with Crippen molar-refractivity contribution >= 4 is 10.9 Å². The van der Waals surface area contributed by atoms with Crippen LogP contribution in [-0.2, 0) is 6.54 Å². The largest absolute Gasteiger partial charge is 0.315 e. The van der Waals surface area contributed by atoms with Gasteiger partial charge in [0.1, 0.15) is 0 Å². The summed E-state index contributed by atoms with van der Waals surface area (Å²) in [5.74, 6) is 0. The molecule has 0 fully saturated rings. The van der Waals surface area contributed by atoms with Gasteiger partial charge in [0.2, 0.25) is 0 Å². The summed E-state index contributed by atoms with van der Waals surface area (Å²) in [5, 5.41) is 8.77. The van der Waals surface area contributed by atoms with Crippen molar-refractivity contribution in [1.29, 1.82) is 0 Å². The van der Waals surface area contributed by atoms with Crippen LogP contribution in [0, 0.1) is 0 Å². The van der Waals surface area contributed by atoms with Crippen molar-refractivity contribution in [2.75, 3.05) is 7.05 Å². The minimum atomic E-state index is 0.443. The number of hydrogen-bond acceptors (Lipinski definition) is 2. The average molecular weight is 189 g/mol. The summed E-state index contributed by atoms with van der Waals surface area (Å²) in [6, 6.07) is 8.71. The summed E-state index contributed by atoms with van der Waals surface area (Å²) in [6.45, 7) is 3.06. The van der Waals surface area contributed by atoms with Crippen LogP contribution in [0.1, 0.15) is 6.92 Å². The van der Waals surface area contributed by atoms with Gasteiger partial charge in [-0.05, 0) is 20.0 Å². The number of fused-ring (bicyclic) bond motifs is 1. The Labute approximate surface area is 83.7 Å². The Morgan fingerprint density at radius 2 is 2.21 bits per heavy atom. The van der Waals surface area contributed by atoms with E-state index in [2.05, 4.69) is 29.5 Å². The van der Waals surface area contributed by atoms with E-state index >= 15 is 0 Å². The van der Waals surface area contributed by atoms with E-state index in [4.69, 9.17) is 0 Å². The Hall–Kier alpha value is -1.35. The van der Waals surface area contributed by atoms with Crippen LogP contribution in [0.4, 0.5) is 0 Å². The van der Waals surface area contributed by atoms with Gasteiger partial charge in [-0.15, -0.1) is 0 Å². The average Bonchev–Trinajstić information content (AvgIpc) is 2.62. The number of aromatic nitrogens is 2. The molecule has 14 heavy (non-hydrogen) atoms. The maximum atomic E-state index is 4.36. The van der Waals surface area contributed by atoms with Crippen LogP contribution in [0.3, 0.4) is 0 Å². The highest BCUT2D eigenvalue weighted by atomic mass is 15.3. The minimum absolute atomic E-state index is 0.443. The first-order valence-corrected chi connectivity index (χ1v) is 4.89. The lowest BCUT2D eigenvalue weighted by molar-refractivity contribution is 0.492. The molecule has 0 aliphatic carbocycles. The van der Waals surface area contributed by atoms with Crippen LogP contribution in [0.15, 0.2) is 30.5 Å². The number of para-hydroxylation sites is 1. The molecule has 3 nitrogen and oxygen atoms in total. The Morgan fingerprint density at radius 1 is 1.43 bits per heavy atom. The Kier molecular flexibility index (Phi) is 2.50. The van der Waals surface area contributed by atoms with E-state index in [0.29, 0.717) is 6.04 Å². The Morgan fingerprint density at radius 3 is 3.00 bits per heavy atom. The van der Waals surface area contributed by atoms with E-state index in [1.54, 1.807) is 0 Å². The molecule has 74 valence electrons. The molecule has 1 aromatic heterocycles. The van der Waals surface area contributed by atoms with Crippen molar-refractivity contribution in [2.24, 2.45) is 0 Å². The number of benzene rings is 1. The number of rotatable bonds is 3. The third kappa shape index (κ3) is 1.63. The van der Waals surface area contributed by atoms with Crippen LogP contribution in [0.5, 0.6) is 0 Å². The molecule has 3 heteroatoms. The predicted octanol–water partition coefficient (Wildman–Crippen LogP) is 1.64. The van der Waals surface area contributed by atoms with E-state index in [1.807, 2.05) is 30.1 Å². The zero-order valence-electron chi connectivity index (χ0n) is 8.57. The van der Waals surface area contributed by atoms with Crippen LogP contribution in [0.25, 0.3) is 10.9 Å². The molecular weight excluding hydrogens is 174 g/mol. The third-order valence-corrected chi connectivity index (χ3v) is 2.49. The summed E-state index contributed by atoms with van der Waals surface area (Å²) >= 11 is 0. The smallest absolute Gasteiger partial charge is 0.0683 e. The van der Waals surface area contributed by atoms with Gasteiger partial charge < -0.3 is 5.32 Å². The van der Waals surface area contributed by atoms with Gasteiger partial charge in [-0.3, -0.25) is 4.68 Å². The normalized spacial score (nSPS) is 13.3. The van der Waals surface area contributed by atoms with Crippen molar-refractivity contribution in [3.63, 3.8) is 0 Å². The summed E-state index contributed by atoms with van der Waals surface area (Å²) in [4.78, 5) is 0. The van der Waals surface area contributed by atoms with Crippen molar-refractivity contribution in [2.45, 2.75) is 19.5 Å². The maximum absolute atomic E-state index is 4.36. The lowest BCUT2D eigenvalue weighted by Crippen LogP contribution is -2.27. The summed E-state index contributed by atoms with van der Waals surface area (Å²) in [6.07, 6.45) is 1.91. The van der Waals surface area contributed by atoms with Crippen molar-refractivity contribution < 1.29 is 0 Å². The van der Waals surface area contributed by atoms with Gasteiger partial charge in [-0.1, -0.05) is 18.2 Å². The molecule has 1 unspecified atom stereocenters. The topological polar surface area (TPSA) is 29.9 Å². The molecule has 0 aliphatic heterocycles. The molecule has 0 spiro atoms. The quantitative estimate of drug-likeness (QED) is 0.795. The van der Waals surface area contributed by atoms with E-state index in [-0.39, 0.29) is 0 Å². The molecule has 2 aromatic rings. The van der Waals surface area contributed by atoms with Gasteiger partial charge in [0.15, 0.2) is 0 Å². The maximum Gasteiger partial charge on any atom is 0.0683 e. The zero-order chi connectivity index (χ0) is 9.97. The first kappa shape index (κ1) is 9.21. The molecule has 2 rings (SSSR count). The fourth-order valence-electron chi connectivity index (χ4n) is 1.52. The first-order valence-electron chi connectivity index (χ1n) is 4.89. The molecule has 0 saturated heterocycles. The SMILES string of the molecule is CNC(C)Cn1ncc2ccccc21. The van der Waals surface area contributed by atoms with Crippen LogP contribution in [-0.4, -0.2) is 22.9 Å². The lowest BCUT2D eigenvalue weighted by atomic mass is 10.2. The molecule has 0 amide bonds. The fourth-order valence-corrected chi connectivity index (χ4v) is 1.52. The van der Waals surface area contributed by atoms with Gasteiger partial charge in [0, 0.05) is 11.4 Å². The summed E-state index contributed by atoms with van der Waals surface area (Å²) < 4.78 is 2.04. The van der Waals surface area contributed by atoms with Gasteiger partial charge in [0.25, 0.3) is 0 Å². The summed E-state index contributed by atoms with van der Waals surface area (Å²) in [5.41, 5.74) is 1.20. The minimum Gasteiger partial charge on any atom is -0.315 e. The molecular formula is C11H15N3. The molecule has 0 bridgehead atoms. The molecule has 0 saturated carbocycles. The van der Waals surface area contributed by atoms with Gasteiger partial charge in [-0.25, -0.2) is 0 Å². The molecule has 1 aromatic carbocycles. The molecule has 0 aliphatic rings. The lowest BCUT2D eigenvalue weighted by Gasteiger charge is -2.10. The van der Waals surface area contributed by atoms with Crippen LogP contribution < -0.4 is 5.32 Å². The van der Waals surface area contributed by atoms with Crippen LogP contribution in [0.2, 0.25) is 0 Å². The van der Waals surface area contributed by atoms with Gasteiger partial charge >= 0.3 is 0 Å². The van der Waals surface area contributed by atoms with Gasteiger partial charge in [0.05, 0.1) is 18.3 Å². The standard InChI is InChI=1S/C11H15N3/c1-9(12-2)8-14-11-6-4-3-5-10(11)7-13-14/h3-7,9,12H,8H2,1-2H3. The number of hydrogen-bond donors (Lipinski definition) is 1. The fraction of sp³-hybridized carbons (Fsp3) is 0.364. The first-order chi connectivity index (χ1) is 6.81. The van der Waals surface area contributed by atoms with Crippen molar-refractivity contribution in [3.05, 3.63) is 30.5 Å². The third-order valence-electron chi connectivity index (χ3n) is 2.49. The number of nitrogens with zero attached hydrogens (tertiary/aromatic N) is 2. The number of likely N-dealkylation sites (N-methyl/N-ethyl adjacent to an activating group) is 1. The monoisotopic (exact) mass is 189 g/mol. The van der Waals surface area contributed by atoms with Crippen LogP contribution >= 0.6 is 0 Å². The highest BCUT2D eigenvalue weighted by Gasteiger charge is 2.04. The predicted molar refractivity (Wildman–Crippen MR) is 58.3 cm³/mol. The second kappa shape index (κ2) is 3.80. The highest BCUT2D eigenvalue weighted by molar-refractivity contribution is 5.78. The molecule has 1 N–H and O–H groups in total. The van der Waals surface area contributed by atoms with E-state index < -0.39 is 0 Å². The molecule has 0 radical (unpaired) electrons. The van der Waals surface area contributed by atoms with Crippen molar-refractivity contribution in [1.82, 2.24) is 15.1 Å². The Balaban J connectivity index is 2.33. The molecule has 1 atom stereocenters. The van der Waals surface area contributed by atoms with E-state index in [1.165, 1.54) is 10.9 Å². The van der Waals surface area contributed by atoms with Gasteiger partial charge in [-0.2, -0.15) is 5.10 Å². The number of nitrogens with one attached hydrogen (secondary N) is 1. The Bertz CT molecular complexity index is 419. The zero-order valence-corrected chi connectivity index (χ0v) is 8.57.